The van der Waals surface area contributed by atoms with Crippen LogP contribution < -0.4 is 5.73 Å². The van der Waals surface area contributed by atoms with Gasteiger partial charge in [0.1, 0.15) is 0 Å². The van der Waals surface area contributed by atoms with E-state index in [-0.39, 0.29) is 0 Å². The van der Waals surface area contributed by atoms with Crippen molar-refractivity contribution in [3.05, 3.63) is 35.9 Å². The number of hydrogen-bond donors (Lipinski definition) is 1. The van der Waals surface area contributed by atoms with Crippen molar-refractivity contribution in [2.24, 2.45) is 11.7 Å². The van der Waals surface area contributed by atoms with Crippen LogP contribution in [0.1, 0.15) is 25.3 Å². The molecule has 1 heterocycles. The zero-order valence-corrected chi connectivity index (χ0v) is 10.1. The monoisotopic (exact) mass is 218 g/mol. The van der Waals surface area contributed by atoms with Gasteiger partial charge in [0, 0.05) is 19.1 Å². The summed E-state index contributed by atoms with van der Waals surface area (Å²) in [6, 6.07) is 11.4. The summed E-state index contributed by atoms with van der Waals surface area (Å²) >= 11 is 0. The van der Waals surface area contributed by atoms with Crippen LogP contribution in [0.25, 0.3) is 0 Å². The molecule has 0 amide bonds. The first-order valence-electron chi connectivity index (χ1n) is 6.27. The maximum Gasteiger partial charge on any atom is 0.0236 e. The third kappa shape index (κ3) is 2.83. The zero-order chi connectivity index (χ0) is 11.4. The van der Waals surface area contributed by atoms with Crippen molar-refractivity contribution in [3.8, 4) is 0 Å². The normalized spacial score (nSPS) is 26.1. The van der Waals surface area contributed by atoms with Crippen LogP contribution in [-0.4, -0.2) is 24.0 Å². The molecule has 88 valence electrons. The highest BCUT2D eigenvalue weighted by Gasteiger charge is 2.27. The number of nitrogens with two attached hydrogens (primary N) is 1. The molecule has 2 rings (SSSR count). The molecule has 2 atom stereocenters. The van der Waals surface area contributed by atoms with Crippen molar-refractivity contribution in [3.63, 3.8) is 0 Å². The lowest BCUT2D eigenvalue weighted by Crippen LogP contribution is -2.26. The Morgan fingerprint density at radius 3 is 2.75 bits per heavy atom. The number of hydrogen-bond acceptors (Lipinski definition) is 2. The molecule has 1 aliphatic rings. The van der Waals surface area contributed by atoms with Gasteiger partial charge in [-0.15, -0.1) is 0 Å². The number of likely N-dealkylation sites (tertiary alicyclic amines) is 1. The molecule has 0 spiro atoms. The lowest BCUT2D eigenvalue weighted by Gasteiger charge is -2.20. The summed E-state index contributed by atoms with van der Waals surface area (Å²) in [5.74, 6) is 0.809. The molecule has 2 N–H and O–H groups in total. The summed E-state index contributed by atoms with van der Waals surface area (Å²) in [7, 11) is 0. The molecule has 16 heavy (non-hydrogen) atoms. The lowest BCUT2D eigenvalue weighted by molar-refractivity contribution is 0.255. The number of rotatable bonds is 4. The molecule has 0 saturated carbocycles. The van der Waals surface area contributed by atoms with Gasteiger partial charge in [-0.2, -0.15) is 0 Å². The molecule has 0 aliphatic carbocycles. The summed E-state index contributed by atoms with van der Waals surface area (Å²) in [5, 5.41) is 0. The van der Waals surface area contributed by atoms with Crippen molar-refractivity contribution >= 4 is 0 Å². The molecule has 1 aromatic carbocycles. The lowest BCUT2D eigenvalue weighted by atomic mass is 10.0. The number of nitrogens with zero attached hydrogens (tertiary/aromatic N) is 1. The van der Waals surface area contributed by atoms with E-state index in [0.29, 0.717) is 6.04 Å². The van der Waals surface area contributed by atoms with Gasteiger partial charge < -0.3 is 5.73 Å². The topological polar surface area (TPSA) is 29.3 Å². The Labute approximate surface area is 98.4 Å². The van der Waals surface area contributed by atoms with E-state index in [1.165, 1.54) is 24.9 Å². The molecular formula is C14H22N2. The van der Waals surface area contributed by atoms with E-state index in [0.717, 1.165) is 19.0 Å². The highest BCUT2D eigenvalue weighted by molar-refractivity contribution is 5.14. The Kier molecular flexibility index (Phi) is 3.97. The van der Waals surface area contributed by atoms with E-state index in [9.17, 15) is 0 Å². The minimum atomic E-state index is 0.705. The van der Waals surface area contributed by atoms with Gasteiger partial charge in [0.2, 0.25) is 0 Å². The molecule has 0 aromatic heterocycles. The Balaban J connectivity index is 1.91. The Morgan fingerprint density at radius 1 is 1.31 bits per heavy atom. The van der Waals surface area contributed by atoms with Crippen LogP contribution in [0, 0.1) is 5.92 Å². The molecule has 2 nitrogen and oxygen atoms in total. The molecule has 0 bridgehead atoms. The minimum absolute atomic E-state index is 0.705. The first-order chi connectivity index (χ1) is 7.79. The molecule has 1 aliphatic heterocycles. The van der Waals surface area contributed by atoms with Gasteiger partial charge in [-0.05, 0) is 37.8 Å². The second-order valence-corrected chi connectivity index (χ2v) is 4.94. The summed E-state index contributed by atoms with van der Waals surface area (Å²) in [6.45, 7) is 5.46. The first kappa shape index (κ1) is 11.6. The van der Waals surface area contributed by atoms with Crippen LogP contribution in [0.5, 0.6) is 0 Å². The van der Waals surface area contributed by atoms with Crippen molar-refractivity contribution in [2.75, 3.05) is 13.1 Å². The largest absolute Gasteiger partial charge is 0.330 e. The molecule has 2 heteroatoms. The molecule has 1 fully saturated rings. The zero-order valence-electron chi connectivity index (χ0n) is 10.1. The highest BCUT2D eigenvalue weighted by Crippen LogP contribution is 2.26. The molecule has 0 unspecified atom stereocenters. The second-order valence-electron chi connectivity index (χ2n) is 4.94. The van der Waals surface area contributed by atoms with Crippen molar-refractivity contribution in [2.45, 2.75) is 32.4 Å². The van der Waals surface area contributed by atoms with E-state index < -0.39 is 0 Å². The SMILES string of the molecule is C[C@@H]1C[C@H](CCN)CN1Cc1ccccc1. The summed E-state index contributed by atoms with van der Waals surface area (Å²) in [6.07, 6.45) is 2.49. The third-order valence-corrected chi connectivity index (χ3v) is 3.59. The van der Waals surface area contributed by atoms with E-state index in [1.807, 2.05) is 0 Å². The van der Waals surface area contributed by atoms with E-state index in [4.69, 9.17) is 5.73 Å². The smallest absolute Gasteiger partial charge is 0.0236 e. The fourth-order valence-electron chi connectivity index (χ4n) is 2.70. The van der Waals surface area contributed by atoms with Crippen molar-refractivity contribution in [1.82, 2.24) is 4.90 Å². The second kappa shape index (κ2) is 5.46. The standard InChI is InChI=1S/C14H22N2/c1-12-9-14(7-8-15)11-16(12)10-13-5-3-2-4-6-13/h2-6,12,14H,7-11,15H2,1H3/t12-,14+/m1/s1. The van der Waals surface area contributed by atoms with E-state index >= 15 is 0 Å². The highest BCUT2D eigenvalue weighted by atomic mass is 15.2. The van der Waals surface area contributed by atoms with Crippen molar-refractivity contribution in [1.29, 1.82) is 0 Å². The van der Waals surface area contributed by atoms with E-state index in [2.05, 4.69) is 42.2 Å². The van der Waals surface area contributed by atoms with Crippen LogP contribution in [0.3, 0.4) is 0 Å². The Morgan fingerprint density at radius 2 is 2.06 bits per heavy atom. The van der Waals surface area contributed by atoms with Gasteiger partial charge in [-0.25, -0.2) is 0 Å². The fourth-order valence-corrected chi connectivity index (χ4v) is 2.70. The quantitative estimate of drug-likeness (QED) is 0.840. The third-order valence-electron chi connectivity index (χ3n) is 3.59. The van der Waals surface area contributed by atoms with Gasteiger partial charge in [-0.1, -0.05) is 30.3 Å². The van der Waals surface area contributed by atoms with Crippen LogP contribution in [0.4, 0.5) is 0 Å². The Hall–Kier alpha value is -0.860. The predicted molar refractivity (Wildman–Crippen MR) is 68.1 cm³/mol. The first-order valence-corrected chi connectivity index (χ1v) is 6.27. The molecular weight excluding hydrogens is 196 g/mol. The van der Waals surface area contributed by atoms with Crippen LogP contribution >= 0.6 is 0 Å². The minimum Gasteiger partial charge on any atom is -0.330 e. The van der Waals surface area contributed by atoms with Crippen LogP contribution in [-0.2, 0) is 6.54 Å². The van der Waals surface area contributed by atoms with Gasteiger partial charge in [0.25, 0.3) is 0 Å². The molecule has 0 radical (unpaired) electrons. The summed E-state index contributed by atoms with van der Waals surface area (Å²) < 4.78 is 0. The van der Waals surface area contributed by atoms with E-state index in [1.54, 1.807) is 0 Å². The molecule has 1 saturated heterocycles. The van der Waals surface area contributed by atoms with Gasteiger partial charge in [0.15, 0.2) is 0 Å². The average Bonchev–Trinajstić information content (AvgIpc) is 2.61. The van der Waals surface area contributed by atoms with Gasteiger partial charge >= 0.3 is 0 Å². The average molecular weight is 218 g/mol. The Bertz CT molecular complexity index is 310. The van der Waals surface area contributed by atoms with Gasteiger partial charge in [-0.3, -0.25) is 4.90 Å². The number of benzene rings is 1. The maximum absolute atomic E-state index is 5.63. The van der Waals surface area contributed by atoms with Crippen LogP contribution in [0.2, 0.25) is 0 Å². The van der Waals surface area contributed by atoms with Crippen molar-refractivity contribution < 1.29 is 0 Å². The van der Waals surface area contributed by atoms with Crippen LogP contribution in [0.15, 0.2) is 30.3 Å². The maximum atomic E-state index is 5.63. The summed E-state index contributed by atoms with van der Waals surface area (Å²) in [4.78, 5) is 2.58. The predicted octanol–water partition coefficient (Wildman–Crippen LogP) is 2.25. The van der Waals surface area contributed by atoms with Gasteiger partial charge in [0.05, 0.1) is 0 Å². The fraction of sp³-hybridized carbons (Fsp3) is 0.571. The molecule has 1 aromatic rings. The summed E-state index contributed by atoms with van der Waals surface area (Å²) in [5.41, 5.74) is 7.05.